The number of thioether (sulfide) groups is 1. The van der Waals surface area contributed by atoms with Gasteiger partial charge in [0.2, 0.25) is 0 Å². The van der Waals surface area contributed by atoms with Crippen molar-refractivity contribution in [2.24, 2.45) is 0 Å². The normalized spacial score (nSPS) is 13.4. The number of nitrogens with one attached hydrogen (secondary N) is 1. The van der Waals surface area contributed by atoms with Gasteiger partial charge in [0.25, 0.3) is 0 Å². The molecule has 0 aliphatic carbocycles. The third kappa shape index (κ3) is 8.17. The van der Waals surface area contributed by atoms with E-state index in [1.54, 1.807) is 0 Å². The zero-order chi connectivity index (χ0) is 8.53. The van der Waals surface area contributed by atoms with Crippen molar-refractivity contribution < 1.29 is 4.74 Å². The molecule has 0 radical (unpaired) electrons. The minimum Gasteiger partial charge on any atom is -0.377 e. The fraction of sp³-hybridized carbons (Fsp3) is 1.00. The summed E-state index contributed by atoms with van der Waals surface area (Å²) in [6.07, 6.45) is 3.63. The molecule has 11 heavy (non-hydrogen) atoms. The van der Waals surface area contributed by atoms with Crippen molar-refractivity contribution >= 4 is 11.8 Å². The SMILES string of the molecule is CNCC(C)OCCCSC. The molecule has 0 heterocycles. The molecule has 0 aromatic rings. The van der Waals surface area contributed by atoms with Crippen LogP contribution in [0.3, 0.4) is 0 Å². The maximum absolute atomic E-state index is 5.51. The maximum Gasteiger partial charge on any atom is 0.0671 e. The lowest BCUT2D eigenvalue weighted by atomic mass is 10.4. The van der Waals surface area contributed by atoms with E-state index in [1.165, 1.54) is 5.75 Å². The molecule has 0 saturated heterocycles. The molecular weight excluding hydrogens is 158 g/mol. The van der Waals surface area contributed by atoms with E-state index in [0.29, 0.717) is 6.10 Å². The molecule has 1 N–H and O–H groups in total. The van der Waals surface area contributed by atoms with E-state index < -0.39 is 0 Å². The highest BCUT2D eigenvalue weighted by molar-refractivity contribution is 7.98. The summed E-state index contributed by atoms with van der Waals surface area (Å²) in [5.74, 6) is 1.20. The van der Waals surface area contributed by atoms with Gasteiger partial charge in [-0.15, -0.1) is 0 Å². The first-order valence-corrected chi connectivity index (χ1v) is 5.45. The van der Waals surface area contributed by atoms with Crippen LogP contribution < -0.4 is 5.32 Å². The zero-order valence-electron chi connectivity index (χ0n) is 7.72. The third-order valence-electron chi connectivity index (χ3n) is 1.39. The first kappa shape index (κ1) is 11.3. The molecule has 0 bridgehead atoms. The van der Waals surface area contributed by atoms with Crippen LogP contribution in [0, 0.1) is 0 Å². The quantitative estimate of drug-likeness (QED) is 0.593. The van der Waals surface area contributed by atoms with E-state index in [1.807, 2.05) is 18.8 Å². The lowest BCUT2D eigenvalue weighted by Gasteiger charge is -2.11. The second-order valence-electron chi connectivity index (χ2n) is 2.59. The second-order valence-corrected chi connectivity index (χ2v) is 3.57. The van der Waals surface area contributed by atoms with Crippen LogP contribution in [0.15, 0.2) is 0 Å². The highest BCUT2D eigenvalue weighted by Crippen LogP contribution is 1.97. The van der Waals surface area contributed by atoms with E-state index in [-0.39, 0.29) is 0 Å². The number of ether oxygens (including phenoxy) is 1. The van der Waals surface area contributed by atoms with Gasteiger partial charge in [-0.2, -0.15) is 11.8 Å². The van der Waals surface area contributed by atoms with Crippen LogP contribution in [0.2, 0.25) is 0 Å². The average Bonchev–Trinajstić information content (AvgIpc) is 1.99. The Balaban J connectivity index is 2.97. The Kier molecular flexibility index (Phi) is 8.57. The van der Waals surface area contributed by atoms with Crippen molar-refractivity contribution in [3.8, 4) is 0 Å². The molecule has 0 saturated carbocycles. The first-order valence-electron chi connectivity index (χ1n) is 4.06. The third-order valence-corrected chi connectivity index (χ3v) is 2.08. The van der Waals surface area contributed by atoms with Crippen molar-refractivity contribution in [3.05, 3.63) is 0 Å². The molecule has 0 fully saturated rings. The predicted octanol–water partition coefficient (Wildman–Crippen LogP) is 1.36. The average molecular weight is 177 g/mol. The smallest absolute Gasteiger partial charge is 0.0671 e. The van der Waals surface area contributed by atoms with E-state index in [9.17, 15) is 0 Å². The molecule has 0 amide bonds. The summed E-state index contributed by atoms with van der Waals surface area (Å²) in [6.45, 7) is 3.93. The maximum atomic E-state index is 5.51. The van der Waals surface area contributed by atoms with Crippen molar-refractivity contribution in [1.29, 1.82) is 0 Å². The van der Waals surface area contributed by atoms with Gasteiger partial charge in [-0.1, -0.05) is 0 Å². The summed E-state index contributed by atoms with van der Waals surface area (Å²) >= 11 is 1.87. The monoisotopic (exact) mass is 177 g/mol. The van der Waals surface area contributed by atoms with Crippen molar-refractivity contribution in [2.75, 3.05) is 32.2 Å². The molecule has 2 nitrogen and oxygen atoms in total. The van der Waals surface area contributed by atoms with E-state index in [0.717, 1.165) is 19.6 Å². The molecule has 1 unspecified atom stereocenters. The Hall–Kier alpha value is 0.270. The molecular formula is C8H19NOS. The van der Waals surface area contributed by atoms with Crippen LogP contribution >= 0.6 is 11.8 Å². The lowest BCUT2D eigenvalue weighted by Crippen LogP contribution is -2.24. The van der Waals surface area contributed by atoms with E-state index in [4.69, 9.17) is 4.74 Å². The minimum absolute atomic E-state index is 0.349. The van der Waals surface area contributed by atoms with Gasteiger partial charge >= 0.3 is 0 Å². The molecule has 3 heteroatoms. The van der Waals surface area contributed by atoms with Crippen molar-refractivity contribution in [3.63, 3.8) is 0 Å². The van der Waals surface area contributed by atoms with E-state index in [2.05, 4.69) is 18.5 Å². The predicted molar refractivity (Wildman–Crippen MR) is 52.3 cm³/mol. The Bertz CT molecular complexity index is 80.5. The van der Waals surface area contributed by atoms with Crippen LogP contribution in [0.1, 0.15) is 13.3 Å². The van der Waals surface area contributed by atoms with Crippen LogP contribution in [-0.2, 0) is 4.74 Å². The number of hydrogen-bond donors (Lipinski definition) is 1. The standard InChI is InChI=1S/C8H19NOS/c1-8(7-9-2)10-5-4-6-11-3/h8-9H,4-7H2,1-3H3. The van der Waals surface area contributed by atoms with Gasteiger partial charge in [-0.25, -0.2) is 0 Å². The molecule has 0 rings (SSSR count). The number of rotatable bonds is 7. The summed E-state index contributed by atoms with van der Waals surface area (Å²) in [5, 5.41) is 3.08. The Morgan fingerprint density at radius 1 is 1.55 bits per heavy atom. The highest BCUT2D eigenvalue weighted by Gasteiger charge is 1.98. The number of likely N-dealkylation sites (N-methyl/N-ethyl adjacent to an activating group) is 1. The Labute approximate surface area is 74.1 Å². The van der Waals surface area contributed by atoms with Crippen LogP contribution in [0.4, 0.5) is 0 Å². The topological polar surface area (TPSA) is 21.3 Å². The molecule has 68 valence electrons. The molecule has 0 spiro atoms. The van der Waals surface area contributed by atoms with Gasteiger partial charge in [0, 0.05) is 13.2 Å². The molecule has 0 aromatic carbocycles. The summed E-state index contributed by atoms with van der Waals surface area (Å²) in [4.78, 5) is 0. The summed E-state index contributed by atoms with van der Waals surface area (Å²) in [6, 6.07) is 0. The fourth-order valence-electron chi connectivity index (χ4n) is 0.834. The largest absolute Gasteiger partial charge is 0.377 e. The lowest BCUT2D eigenvalue weighted by molar-refractivity contribution is 0.0683. The van der Waals surface area contributed by atoms with Gasteiger partial charge in [-0.05, 0) is 32.4 Å². The molecule has 0 aliphatic heterocycles. The van der Waals surface area contributed by atoms with Crippen molar-refractivity contribution in [1.82, 2.24) is 5.32 Å². The van der Waals surface area contributed by atoms with Gasteiger partial charge < -0.3 is 10.1 Å². The van der Waals surface area contributed by atoms with Gasteiger partial charge in [0.15, 0.2) is 0 Å². The fourth-order valence-corrected chi connectivity index (χ4v) is 1.24. The summed E-state index contributed by atoms with van der Waals surface area (Å²) in [7, 11) is 1.95. The highest BCUT2D eigenvalue weighted by atomic mass is 32.2. The molecule has 0 aliphatic rings. The second kappa shape index (κ2) is 8.37. The van der Waals surface area contributed by atoms with Gasteiger partial charge in [-0.3, -0.25) is 0 Å². The van der Waals surface area contributed by atoms with Gasteiger partial charge in [0.05, 0.1) is 6.10 Å². The number of hydrogen-bond acceptors (Lipinski definition) is 3. The van der Waals surface area contributed by atoms with Gasteiger partial charge in [0.1, 0.15) is 0 Å². The Morgan fingerprint density at radius 2 is 2.27 bits per heavy atom. The summed E-state index contributed by atoms with van der Waals surface area (Å²) in [5.41, 5.74) is 0. The van der Waals surface area contributed by atoms with Crippen LogP contribution in [0.25, 0.3) is 0 Å². The molecule has 1 atom stereocenters. The first-order chi connectivity index (χ1) is 5.31. The van der Waals surface area contributed by atoms with Crippen molar-refractivity contribution in [2.45, 2.75) is 19.4 Å². The van der Waals surface area contributed by atoms with Crippen LogP contribution in [-0.4, -0.2) is 38.3 Å². The zero-order valence-corrected chi connectivity index (χ0v) is 8.54. The van der Waals surface area contributed by atoms with Crippen LogP contribution in [0.5, 0.6) is 0 Å². The molecule has 0 aromatic heterocycles. The minimum atomic E-state index is 0.349. The van der Waals surface area contributed by atoms with E-state index >= 15 is 0 Å². The Morgan fingerprint density at radius 3 is 2.82 bits per heavy atom. The summed E-state index contributed by atoms with van der Waals surface area (Å²) < 4.78 is 5.51.